The Hall–Kier alpha value is -3.46. The smallest absolute Gasteiger partial charge is 0.341 e. The molecule has 0 N–H and O–H groups in total. The van der Waals surface area contributed by atoms with Crippen LogP contribution in [-0.4, -0.2) is 48.2 Å². The van der Waals surface area contributed by atoms with E-state index in [-0.39, 0.29) is 24.0 Å². The van der Waals surface area contributed by atoms with Gasteiger partial charge in [-0.3, -0.25) is 4.79 Å². The molecule has 0 aliphatic carbocycles. The summed E-state index contributed by atoms with van der Waals surface area (Å²) in [5.41, 5.74) is 1.22. The van der Waals surface area contributed by atoms with E-state index in [0.717, 1.165) is 37.9 Å². The molecule has 0 radical (unpaired) electrons. The van der Waals surface area contributed by atoms with Crippen LogP contribution in [0.5, 0.6) is 0 Å². The quantitative estimate of drug-likeness (QED) is 0.486. The first kappa shape index (κ1) is 19.5. The molecule has 0 spiro atoms. The van der Waals surface area contributed by atoms with Crippen molar-refractivity contribution in [2.24, 2.45) is 0 Å². The number of carbonyl (C=O) groups is 1. The highest BCUT2D eigenvalue weighted by molar-refractivity contribution is 6.30. The summed E-state index contributed by atoms with van der Waals surface area (Å²) < 4.78 is 8.00. The first-order valence-corrected chi connectivity index (χ1v) is 10.4. The first-order valence-electron chi connectivity index (χ1n) is 10.1. The second-order valence-electron chi connectivity index (χ2n) is 7.43. The van der Waals surface area contributed by atoms with Gasteiger partial charge in [0.15, 0.2) is 5.65 Å². The van der Waals surface area contributed by atoms with Gasteiger partial charge in [0.25, 0.3) is 5.89 Å². The molecule has 31 heavy (non-hydrogen) atoms. The van der Waals surface area contributed by atoms with Crippen LogP contribution in [0.2, 0.25) is 5.02 Å². The predicted molar refractivity (Wildman–Crippen MR) is 114 cm³/mol. The lowest BCUT2D eigenvalue weighted by Crippen LogP contribution is -2.39. The number of carbonyl (C=O) groups excluding carboxylic acids is 1. The number of hydrogen-bond donors (Lipinski definition) is 0. The van der Waals surface area contributed by atoms with Crippen molar-refractivity contribution in [3.8, 4) is 22.8 Å². The number of benzene rings is 1. The van der Waals surface area contributed by atoms with Crippen LogP contribution in [0.4, 0.5) is 0 Å². The highest BCUT2D eigenvalue weighted by Crippen LogP contribution is 2.25. The summed E-state index contributed by atoms with van der Waals surface area (Å²) in [5, 5.41) is 9.03. The lowest BCUT2D eigenvalue weighted by molar-refractivity contribution is -0.133. The fourth-order valence-electron chi connectivity index (χ4n) is 3.73. The number of rotatable bonds is 4. The number of hydrogen-bond acceptors (Lipinski definition) is 6. The normalized spacial score (nSPS) is 14.3. The number of likely N-dealkylation sites (tertiary alicyclic amines) is 1. The summed E-state index contributed by atoms with van der Waals surface area (Å²) >= 11 is 5.93. The Morgan fingerprint density at radius 2 is 1.87 bits per heavy atom. The van der Waals surface area contributed by atoms with E-state index >= 15 is 0 Å². The van der Waals surface area contributed by atoms with E-state index in [4.69, 9.17) is 16.1 Å². The molecule has 1 aromatic carbocycles. The van der Waals surface area contributed by atoms with E-state index in [1.165, 1.54) is 9.08 Å². The van der Waals surface area contributed by atoms with E-state index in [1.54, 1.807) is 47.5 Å². The van der Waals surface area contributed by atoms with Gasteiger partial charge in [-0.05, 0) is 55.7 Å². The second kappa shape index (κ2) is 7.99. The molecule has 0 atom stereocenters. The van der Waals surface area contributed by atoms with Crippen molar-refractivity contribution in [1.29, 1.82) is 0 Å². The van der Waals surface area contributed by atoms with Crippen LogP contribution in [0.15, 0.2) is 51.9 Å². The van der Waals surface area contributed by atoms with Crippen molar-refractivity contribution in [3.05, 3.63) is 58.1 Å². The molecular formula is C21H19ClN6O3. The maximum atomic E-state index is 12.8. The molecule has 5 rings (SSSR count). The van der Waals surface area contributed by atoms with Gasteiger partial charge in [-0.2, -0.15) is 4.98 Å². The lowest BCUT2D eigenvalue weighted by Gasteiger charge is -2.26. The summed E-state index contributed by atoms with van der Waals surface area (Å²) in [6.45, 7) is 1.35. The molecule has 0 saturated carbocycles. The monoisotopic (exact) mass is 438 g/mol. The van der Waals surface area contributed by atoms with E-state index in [9.17, 15) is 9.59 Å². The van der Waals surface area contributed by atoms with E-state index in [0.29, 0.717) is 22.1 Å². The van der Waals surface area contributed by atoms with Crippen molar-refractivity contribution < 1.29 is 9.32 Å². The number of fused-ring (bicyclic) bond motifs is 1. The van der Waals surface area contributed by atoms with Crippen molar-refractivity contribution in [3.63, 3.8) is 0 Å². The molecule has 1 fully saturated rings. The van der Waals surface area contributed by atoms with Crippen LogP contribution in [0.1, 0.15) is 19.3 Å². The molecule has 4 aromatic rings. The first-order chi connectivity index (χ1) is 15.1. The highest BCUT2D eigenvalue weighted by atomic mass is 35.5. The Balaban J connectivity index is 1.48. The molecule has 1 aliphatic heterocycles. The van der Waals surface area contributed by atoms with E-state index in [2.05, 4.69) is 15.2 Å². The molecular weight excluding hydrogens is 420 g/mol. The van der Waals surface area contributed by atoms with Crippen molar-refractivity contribution >= 4 is 23.2 Å². The maximum absolute atomic E-state index is 12.8. The molecule has 4 heterocycles. The standard InChI is InChI=1S/C21H19ClN6O3/c22-15-8-6-14(7-9-15)18-23-20(31-25-18)16-5-4-12-27-19(16)24-28(21(27)30)13-17(29)26-10-2-1-3-11-26/h4-9,12H,1-3,10-11,13H2. The highest BCUT2D eigenvalue weighted by Gasteiger charge is 2.21. The average Bonchev–Trinajstić information content (AvgIpc) is 3.40. The van der Waals surface area contributed by atoms with Crippen molar-refractivity contribution in [2.75, 3.05) is 13.1 Å². The van der Waals surface area contributed by atoms with Gasteiger partial charge < -0.3 is 9.42 Å². The Labute approximate surface area is 181 Å². The third kappa shape index (κ3) is 3.72. The summed E-state index contributed by atoms with van der Waals surface area (Å²) in [4.78, 5) is 31.6. The molecule has 158 valence electrons. The number of aromatic nitrogens is 5. The largest absolute Gasteiger partial charge is 0.350 e. The van der Waals surface area contributed by atoms with E-state index < -0.39 is 0 Å². The van der Waals surface area contributed by atoms with Crippen molar-refractivity contribution in [2.45, 2.75) is 25.8 Å². The molecule has 1 aliphatic rings. The van der Waals surface area contributed by atoms with Crippen molar-refractivity contribution in [1.82, 2.24) is 29.2 Å². The Morgan fingerprint density at radius 3 is 2.65 bits per heavy atom. The Bertz CT molecular complexity index is 1300. The SMILES string of the molecule is O=C(Cn1nc2c(-c3nc(-c4ccc(Cl)cc4)no3)cccn2c1=O)N1CCCCC1. The molecule has 9 nitrogen and oxygen atoms in total. The minimum absolute atomic E-state index is 0.0974. The number of nitrogens with zero attached hydrogens (tertiary/aromatic N) is 6. The minimum Gasteiger partial charge on any atom is -0.341 e. The summed E-state index contributed by atoms with van der Waals surface area (Å²) in [7, 11) is 0. The Morgan fingerprint density at radius 1 is 1.10 bits per heavy atom. The van der Waals surface area contributed by atoms with Gasteiger partial charge in [0.2, 0.25) is 11.7 Å². The second-order valence-corrected chi connectivity index (χ2v) is 7.86. The molecule has 0 bridgehead atoms. The molecule has 0 unspecified atom stereocenters. The number of halogens is 1. The molecule has 1 amide bonds. The fraction of sp³-hybridized carbons (Fsp3) is 0.286. The van der Waals surface area contributed by atoms with Gasteiger partial charge in [-0.1, -0.05) is 16.8 Å². The summed E-state index contributed by atoms with van der Waals surface area (Å²) in [6.07, 6.45) is 4.71. The van der Waals surface area contributed by atoms with Gasteiger partial charge in [0.05, 0.1) is 5.56 Å². The van der Waals surface area contributed by atoms with Crippen LogP contribution in [0, 0.1) is 0 Å². The zero-order valence-electron chi connectivity index (χ0n) is 16.6. The van der Waals surface area contributed by atoms with Gasteiger partial charge in [-0.25, -0.2) is 13.9 Å². The zero-order valence-corrected chi connectivity index (χ0v) is 17.3. The molecule has 3 aromatic heterocycles. The zero-order chi connectivity index (χ0) is 21.4. The van der Waals surface area contributed by atoms with Crippen LogP contribution < -0.4 is 5.69 Å². The average molecular weight is 439 g/mol. The third-order valence-corrected chi connectivity index (χ3v) is 5.61. The van der Waals surface area contributed by atoms with Crippen LogP contribution in [0.3, 0.4) is 0 Å². The maximum Gasteiger partial charge on any atom is 0.350 e. The van der Waals surface area contributed by atoms with Crippen LogP contribution in [0.25, 0.3) is 28.5 Å². The van der Waals surface area contributed by atoms with Gasteiger partial charge in [-0.15, -0.1) is 5.10 Å². The summed E-state index contributed by atoms with van der Waals surface area (Å²) in [5.74, 6) is 0.528. The fourth-order valence-corrected chi connectivity index (χ4v) is 3.85. The number of piperidine rings is 1. The van der Waals surface area contributed by atoms with Crippen LogP contribution >= 0.6 is 11.6 Å². The molecule has 10 heteroatoms. The molecule has 1 saturated heterocycles. The van der Waals surface area contributed by atoms with Crippen LogP contribution in [-0.2, 0) is 11.3 Å². The van der Waals surface area contributed by atoms with E-state index in [1.807, 2.05) is 0 Å². The number of amides is 1. The predicted octanol–water partition coefficient (Wildman–Crippen LogP) is 2.88. The van der Waals surface area contributed by atoms with Gasteiger partial charge in [0, 0.05) is 29.9 Å². The Kier molecular flexibility index (Phi) is 5.03. The topological polar surface area (TPSA) is 98.5 Å². The third-order valence-electron chi connectivity index (χ3n) is 5.36. The minimum atomic E-state index is -0.389. The van der Waals surface area contributed by atoms with Gasteiger partial charge in [0.1, 0.15) is 6.54 Å². The summed E-state index contributed by atoms with van der Waals surface area (Å²) in [6, 6.07) is 10.5. The lowest BCUT2D eigenvalue weighted by atomic mass is 10.1. The van der Waals surface area contributed by atoms with Gasteiger partial charge >= 0.3 is 5.69 Å². The number of pyridine rings is 1.